The lowest BCUT2D eigenvalue weighted by Gasteiger charge is -2.10. The summed E-state index contributed by atoms with van der Waals surface area (Å²) in [5, 5.41) is 20.1. The average Bonchev–Trinajstić information content (AvgIpc) is 3.94. The topological polar surface area (TPSA) is 145 Å². The van der Waals surface area contributed by atoms with E-state index in [2.05, 4.69) is 25.5 Å². The number of rotatable bonds is 5. The molecule has 53 heavy (non-hydrogen) atoms. The predicted molar refractivity (Wildman–Crippen MR) is 177 cm³/mol. The fourth-order valence-electron chi connectivity index (χ4n) is 5.09. The fourth-order valence-corrected chi connectivity index (χ4v) is 6.02. The molecule has 0 radical (unpaired) electrons. The number of nitrogens with zero attached hydrogens (tertiary/aromatic N) is 6. The van der Waals surface area contributed by atoms with Gasteiger partial charge in [-0.1, -0.05) is 48.0 Å². The van der Waals surface area contributed by atoms with Gasteiger partial charge in [0, 0.05) is 23.4 Å². The van der Waals surface area contributed by atoms with E-state index in [9.17, 15) is 35.9 Å². The number of carboxylic acids is 1. The maximum absolute atomic E-state index is 13.7. The zero-order valence-corrected chi connectivity index (χ0v) is 27.7. The predicted octanol–water partition coefficient (Wildman–Crippen LogP) is 8.22. The Morgan fingerprint density at radius 1 is 0.811 bits per heavy atom. The number of hydrogen-bond acceptors (Lipinski definition) is 9. The van der Waals surface area contributed by atoms with Gasteiger partial charge in [0.05, 0.1) is 16.3 Å². The van der Waals surface area contributed by atoms with Crippen molar-refractivity contribution in [2.24, 2.45) is 0 Å². The molecule has 12 nitrogen and oxygen atoms in total. The van der Waals surface area contributed by atoms with E-state index in [1.54, 1.807) is 60.0 Å². The number of benzene rings is 2. The van der Waals surface area contributed by atoms with Gasteiger partial charge < -0.3 is 19.9 Å². The van der Waals surface area contributed by atoms with E-state index in [0.717, 1.165) is 18.2 Å². The quantitative estimate of drug-likeness (QED) is 0.165. The Hall–Kier alpha value is -6.21. The number of aromatic carboxylic acids is 1. The SMILES string of the molecule is O=C(Nc1ccc2c(c1)OCO2)c1nn2c(C(F)(F)F)cc(-c3cccs3)nc2c1Cl.O=C(O)c1cc2nc(-c3ccccc3)cc(C(F)(F)F)n2n1. The van der Waals surface area contributed by atoms with Crippen LogP contribution in [0.1, 0.15) is 32.4 Å². The third kappa shape index (κ3) is 7.03. The van der Waals surface area contributed by atoms with Gasteiger partial charge in [-0.05, 0) is 35.7 Å². The smallest absolute Gasteiger partial charge is 0.433 e. The van der Waals surface area contributed by atoms with Crippen molar-refractivity contribution >= 4 is 51.8 Å². The van der Waals surface area contributed by atoms with Crippen molar-refractivity contribution in [3.05, 3.63) is 112 Å². The minimum absolute atomic E-state index is 0.0590. The van der Waals surface area contributed by atoms with Crippen LogP contribution in [0.4, 0.5) is 32.0 Å². The van der Waals surface area contributed by atoms with Crippen LogP contribution in [-0.4, -0.2) is 53.0 Å². The second kappa shape index (κ2) is 13.4. The van der Waals surface area contributed by atoms with Crippen molar-refractivity contribution in [3.63, 3.8) is 0 Å². The van der Waals surface area contributed by atoms with Gasteiger partial charge in [-0.25, -0.2) is 23.8 Å². The summed E-state index contributed by atoms with van der Waals surface area (Å²) >= 11 is 7.48. The summed E-state index contributed by atoms with van der Waals surface area (Å²) in [6.45, 7) is 0.0590. The number of carbonyl (C=O) groups is 2. The van der Waals surface area contributed by atoms with Crippen molar-refractivity contribution in [3.8, 4) is 33.3 Å². The number of halogens is 7. The lowest BCUT2D eigenvalue weighted by molar-refractivity contribution is -0.143. The second-order valence-electron chi connectivity index (χ2n) is 10.9. The summed E-state index contributed by atoms with van der Waals surface area (Å²) in [5.41, 5.74) is -2.49. The normalized spacial score (nSPS) is 12.5. The molecule has 0 spiro atoms. The Morgan fingerprint density at radius 3 is 2.19 bits per heavy atom. The third-order valence-electron chi connectivity index (χ3n) is 7.45. The highest BCUT2D eigenvalue weighted by molar-refractivity contribution is 7.13. The number of aromatic nitrogens is 6. The molecule has 6 heterocycles. The lowest BCUT2D eigenvalue weighted by Crippen LogP contribution is -2.15. The van der Waals surface area contributed by atoms with Crippen LogP contribution < -0.4 is 14.8 Å². The number of carbonyl (C=O) groups excluding carboxylic acids is 1. The zero-order chi connectivity index (χ0) is 37.7. The molecule has 1 aliphatic rings. The molecule has 0 saturated heterocycles. The highest BCUT2D eigenvalue weighted by atomic mass is 35.5. The molecule has 1 amide bonds. The van der Waals surface area contributed by atoms with Crippen LogP contribution in [0.2, 0.25) is 5.02 Å². The minimum Gasteiger partial charge on any atom is -0.476 e. The van der Waals surface area contributed by atoms with Crippen LogP contribution in [0.5, 0.6) is 11.5 Å². The van der Waals surface area contributed by atoms with Crippen molar-refractivity contribution in [1.29, 1.82) is 0 Å². The Balaban J connectivity index is 0.000000174. The van der Waals surface area contributed by atoms with E-state index in [-0.39, 0.29) is 40.2 Å². The Kier molecular flexibility index (Phi) is 8.90. The van der Waals surface area contributed by atoms with Crippen LogP contribution in [0.25, 0.3) is 33.1 Å². The summed E-state index contributed by atoms with van der Waals surface area (Å²) in [6, 6.07) is 19.1. The van der Waals surface area contributed by atoms with Gasteiger partial charge >= 0.3 is 18.3 Å². The average molecular weight is 774 g/mol. The van der Waals surface area contributed by atoms with Crippen molar-refractivity contribution in [1.82, 2.24) is 29.2 Å². The van der Waals surface area contributed by atoms with E-state index < -0.39 is 41.3 Å². The summed E-state index contributed by atoms with van der Waals surface area (Å²) in [6.07, 6.45) is -9.43. The molecule has 0 atom stereocenters. The van der Waals surface area contributed by atoms with Crippen LogP contribution in [0.15, 0.2) is 84.2 Å². The first-order valence-electron chi connectivity index (χ1n) is 14.9. The van der Waals surface area contributed by atoms with Gasteiger partial charge in [0.25, 0.3) is 5.91 Å². The monoisotopic (exact) mass is 773 g/mol. The van der Waals surface area contributed by atoms with Crippen molar-refractivity contribution in [2.75, 3.05) is 12.1 Å². The van der Waals surface area contributed by atoms with Gasteiger partial charge in [-0.15, -0.1) is 11.3 Å². The first-order valence-corrected chi connectivity index (χ1v) is 16.1. The molecule has 2 N–H and O–H groups in total. The molecule has 0 fully saturated rings. The summed E-state index contributed by atoms with van der Waals surface area (Å²) in [4.78, 5) is 32.4. The summed E-state index contributed by atoms with van der Waals surface area (Å²) in [7, 11) is 0. The molecule has 270 valence electrons. The molecule has 5 aromatic heterocycles. The maximum atomic E-state index is 13.7. The minimum atomic E-state index is -4.74. The van der Waals surface area contributed by atoms with E-state index >= 15 is 0 Å². The van der Waals surface area contributed by atoms with Gasteiger partial charge in [-0.2, -0.15) is 36.5 Å². The highest BCUT2D eigenvalue weighted by Crippen LogP contribution is 2.37. The molecule has 2 aromatic carbocycles. The largest absolute Gasteiger partial charge is 0.476 e. The molecule has 1 aliphatic heterocycles. The van der Waals surface area contributed by atoms with Crippen LogP contribution >= 0.6 is 22.9 Å². The zero-order valence-electron chi connectivity index (χ0n) is 26.1. The van der Waals surface area contributed by atoms with Gasteiger partial charge in [0.2, 0.25) is 6.79 Å². The number of thiophene rings is 1. The van der Waals surface area contributed by atoms with E-state index in [1.165, 1.54) is 17.4 Å². The van der Waals surface area contributed by atoms with Crippen molar-refractivity contribution in [2.45, 2.75) is 12.4 Å². The number of hydrogen-bond donors (Lipinski definition) is 2. The first kappa shape index (κ1) is 35.2. The summed E-state index contributed by atoms with van der Waals surface area (Å²) in [5.74, 6) is -1.26. The van der Waals surface area contributed by atoms with Gasteiger partial charge in [-0.3, -0.25) is 4.79 Å². The maximum Gasteiger partial charge on any atom is 0.433 e. The standard InChI is InChI=1S/C19H10ClF3N4O3S.C14H8F3N3O2/c20-15-16(18(28)24-9-3-4-11-12(6-9)30-8-29-11)26-27-14(19(21,22)23)7-10(25-17(15)27)13-2-1-5-31-13;15-14(16,17)11-6-9(8-4-2-1-3-5-8)18-12-7-10(13(21)22)19-20(11)12/h1-7H,8H2,(H,24,28);1-7H,(H,21,22). The molecule has 8 rings (SSSR count). The summed E-state index contributed by atoms with van der Waals surface area (Å²) < 4.78 is 92.1. The lowest BCUT2D eigenvalue weighted by atomic mass is 10.1. The second-order valence-corrected chi connectivity index (χ2v) is 12.2. The molecule has 0 saturated carbocycles. The van der Waals surface area contributed by atoms with Crippen LogP contribution in [-0.2, 0) is 12.4 Å². The number of nitrogens with one attached hydrogen (secondary N) is 1. The van der Waals surface area contributed by atoms with E-state index in [1.807, 2.05) is 0 Å². The molecular weight excluding hydrogens is 756 g/mol. The Morgan fingerprint density at radius 2 is 1.51 bits per heavy atom. The molecule has 0 aliphatic carbocycles. The van der Waals surface area contributed by atoms with Gasteiger partial charge in [0.15, 0.2) is 45.6 Å². The number of amides is 1. The fraction of sp³-hybridized carbons (Fsp3) is 0.0909. The van der Waals surface area contributed by atoms with Crippen molar-refractivity contribution < 1.29 is 50.5 Å². The highest BCUT2D eigenvalue weighted by Gasteiger charge is 2.37. The number of anilines is 1. The molecule has 20 heteroatoms. The van der Waals surface area contributed by atoms with Gasteiger partial charge in [0.1, 0.15) is 5.02 Å². The Bertz CT molecular complexity index is 2520. The molecule has 0 bridgehead atoms. The third-order valence-corrected chi connectivity index (χ3v) is 8.69. The number of ether oxygens (including phenoxy) is 2. The molecule has 0 unspecified atom stereocenters. The van der Waals surface area contributed by atoms with Crippen LogP contribution in [0.3, 0.4) is 0 Å². The number of fused-ring (bicyclic) bond motifs is 3. The van der Waals surface area contributed by atoms with E-state index in [4.69, 9.17) is 26.2 Å². The number of carboxylic acid groups (broad SMARTS) is 1. The Labute approximate surface area is 300 Å². The molecular formula is C33H18ClF6N7O5S. The number of alkyl halides is 6. The molecule has 7 aromatic rings. The van der Waals surface area contributed by atoms with Crippen LogP contribution in [0, 0.1) is 0 Å². The first-order chi connectivity index (χ1) is 25.2. The van der Waals surface area contributed by atoms with E-state index in [0.29, 0.717) is 36.7 Å².